The SMILES string of the molecule is Cc1c(F)c(F)cc(CC(N)C(=O)N2CCSC2)c1F. The van der Waals surface area contributed by atoms with Gasteiger partial charge in [0.05, 0.1) is 11.9 Å². The lowest BCUT2D eigenvalue weighted by atomic mass is 10.0. The molecule has 1 amide bonds. The van der Waals surface area contributed by atoms with Crippen LogP contribution in [0.4, 0.5) is 13.2 Å². The first-order chi connectivity index (χ1) is 9.41. The van der Waals surface area contributed by atoms with Crippen LogP contribution in [0, 0.1) is 24.4 Å². The van der Waals surface area contributed by atoms with Crippen LogP contribution in [0.3, 0.4) is 0 Å². The molecule has 3 nitrogen and oxygen atoms in total. The first-order valence-corrected chi connectivity index (χ1v) is 7.32. The summed E-state index contributed by atoms with van der Waals surface area (Å²) in [5.74, 6) is -2.07. The topological polar surface area (TPSA) is 46.3 Å². The van der Waals surface area contributed by atoms with Crippen LogP contribution in [0.25, 0.3) is 0 Å². The molecule has 2 N–H and O–H groups in total. The molecular formula is C13H15F3N2OS. The van der Waals surface area contributed by atoms with Crippen molar-refractivity contribution in [1.82, 2.24) is 4.90 Å². The normalized spacial score (nSPS) is 16.6. The maximum atomic E-state index is 13.9. The highest BCUT2D eigenvalue weighted by Crippen LogP contribution is 2.21. The number of benzene rings is 1. The second kappa shape index (κ2) is 6.05. The fourth-order valence-electron chi connectivity index (χ4n) is 2.09. The largest absolute Gasteiger partial charge is 0.331 e. The summed E-state index contributed by atoms with van der Waals surface area (Å²) in [6.45, 7) is 1.76. The number of hydrogen-bond acceptors (Lipinski definition) is 3. The van der Waals surface area contributed by atoms with Gasteiger partial charge < -0.3 is 10.6 Å². The van der Waals surface area contributed by atoms with Crippen LogP contribution in [-0.2, 0) is 11.2 Å². The molecule has 1 aromatic carbocycles. The lowest BCUT2D eigenvalue weighted by Crippen LogP contribution is -2.43. The number of rotatable bonds is 3. The van der Waals surface area contributed by atoms with E-state index in [1.807, 2.05) is 0 Å². The Morgan fingerprint density at radius 2 is 2.15 bits per heavy atom. The number of nitrogens with zero attached hydrogens (tertiary/aromatic N) is 1. The zero-order valence-electron chi connectivity index (χ0n) is 11.0. The second-order valence-corrected chi connectivity index (χ2v) is 5.79. The van der Waals surface area contributed by atoms with Gasteiger partial charge in [0, 0.05) is 17.9 Å². The Bertz CT molecular complexity index is 533. The quantitative estimate of drug-likeness (QED) is 0.867. The van der Waals surface area contributed by atoms with Gasteiger partial charge in [0.15, 0.2) is 11.6 Å². The molecule has 2 rings (SSSR count). The summed E-state index contributed by atoms with van der Waals surface area (Å²) in [7, 11) is 0. The Labute approximate surface area is 119 Å². The van der Waals surface area contributed by atoms with E-state index in [9.17, 15) is 18.0 Å². The zero-order valence-corrected chi connectivity index (χ0v) is 11.8. The number of amides is 1. The molecule has 0 spiro atoms. The molecule has 1 aliphatic rings. The van der Waals surface area contributed by atoms with Crippen LogP contribution >= 0.6 is 11.8 Å². The van der Waals surface area contributed by atoms with Crippen molar-refractivity contribution in [3.63, 3.8) is 0 Å². The monoisotopic (exact) mass is 304 g/mol. The van der Waals surface area contributed by atoms with Gasteiger partial charge >= 0.3 is 0 Å². The van der Waals surface area contributed by atoms with Gasteiger partial charge in [-0.25, -0.2) is 13.2 Å². The molecule has 1 saturated heterocycles. The average Bonchev–Trinajstić information content (AvgIpc) is 2.95. The standard InChI is InChI=1S/C13H15F3N2OS/c1-7-11(15)8(4-9(14)12(7)16)5-10(17)13(19)18-2-3-20-6-18/h4,10H,2-3,5-6,17H2,1H3. The average molecular weight is 304 g/mol. The second-order valence-electron chi connectivity index (χ2n) is 4.72. The predicted molar refractivity (Wildman–Crippen MR) is 71.8 cm³/mol. The van der Waals surface area contributed by atoms with Crippen molar-refractivity contribution >= 4 is 17.7 Å². The Morgan fingerprint density at radius 1 is 1.45 bits per heavy atom. The highest BCUT2D eigenvalue weighted by atomic mass is 32.2. The van der Waals surface area contributed by atoms with E-state index in [1.165, 1.54) is 0 Å². The van der Waals surface area contributed by atoms with E-state index in [2.05, 4.69) is 0 Å². The number of hydrogen-bond donors (Lipinski definition) is 1. The van der Waals surface area contributed by atoms with Crippen molar-refractivity contribution < 1.29 is 18.0 Å². The predicted octanol–water partition coefficient (Wildman–Crippen LogP) is 1.82. The van der Waals surface area contributed by atoms with Gasteiger partial charge in [0.2, 0.25) is 5.91 Å². The van der Waals surface area contributed by atoms with Crippen LogP contribution in [0.15, 0.2) is 6.07 Å². The summed E-state index contributed by atoms with van der Waals surface area (Å²) in [4.78, 5) is 13.6. The van der Waals surface area contributed by atoms with E-state index in [-0.39, 0.29) is 17.9 Å². The van der Waals surface area contributed by atoms with Crippen LogP contribution in [0.5, 0.6) is 0 Å². The minimum Gasteiger partial charge on any atom is -0.331 e. The molecule has 1 unspecified atom stereocenters. The number of thioether (sulfide) groups is 1. The highest BCUT2D eigenvalue weighted by molar-refractivity contribution is 7.99. The van der Waals surface area contributed by atoms with Crippen LogP contribution in [0.1, 0.15) is 11.1 Å². The first-order valence-electron chi connectivity index (χ1n) is 6.17. The summed E-state index contributed by atoms with van der Waals surface area (Å²) < 4.78 is 40.3. The highest BCUT2D eigenvalue weighted by Gasteiger charge is 2.26. The molecule has 0 bridgehead atoms. The summed E-state index contributed by atoms with van der Waals surface area (Å²) in [5.41, 5.74) is 5.29. The van der Waals surface area contributed by atoms with Gasteiger partial charge in [-0.2, -0.15) is 0 Å². The van der Waals surface area contributed by atoms with Gasteiger partial charge in [0.1, 0.15) is 5.82 Å². The molecule has 20 heavy (non-hydrogen) atoms. The van der Waals surface area contributed by atoms with Gasteiger partial charge in [-0.05, 0) is 25.0 Å². The Kier molecular flexibility index (Phi) is 4.59. The number of halogens is 3. The van der Waals surface area contributed by atoms with Gasteiger partial charge in [-0.3, -0.25) is 4.79 Å². The fraction of sp³-hybridized carbons (Fsp3) is 0.462. The molecule has 0 radical (unpaired) electrons. The third-order valence-electron chi connectivity index (χ3n) is 3.27. The van der Waals surface area contributed by atoms with Crippen LogP contribution < -0.4 is 5.73 Å². The lowest BCUT2D eigenvalue weighted by Gasteiger charge is -2.20. The molecule has 1 heterocycles. The molecule has 7 heteroatoms. The summed E-state index contributed by atoms with van der Waals surface area (Å²) in [6, 6.07) is -0.184. The molecule has 0 aliphatic carbocycles. The Morgan fingerprint density at radius 3 is 2.75 bits per heavy atom. The van der Waals surface area contributed by atoms with E-state index >= 15 is 0 Å². The third kappa shape index (κ3) is 2.93. The van der Waals surface area contributed by atoms with Crippen LogP contribution in [-0.4, -0.2) is 35.0 Å². The summed E-state index contributed by atoms with van der Waals surface area (Å²) >= 11 is 1.61. The van der Waals surface area contributed by atoms with Crippen molar-refractivity contribution in [2.75, 3.05) is 18.2 Å². The molecule has 110 valence electrons. The molecule has 1 atom stereocenters. The Balaban J connectivity index is 2.15. The number of carbonyl (C=O) groups is 1. The summed E-state index contributed by atoms with van der Waals surface area (Å²) in [5, 5.41) is 0. The molecule has 0 aromatic heterocycles. The first kappa shape index (κ1) is 15.2. The minimum absolute atomic E-state index is 0.0749. The van der Waals surface area contributed by atoms with E-state index in [4.69, 9.17) is 5.73 Å². The van der Waals surface area contributed by atoms with Crippen molar-refractivity contribution in [3.8, 4) is 0 Å². The van der Waals surface area contributed by atoms with Crippen LogP contribution in [0.2, 0.25) is 0 Å². The van der Waals surface area contributed by atoms with E-state index < -0.39 is 29.1 Å². The Hall–Kier alpha value is -1.21. The van der Waals surface area contributed by atoms with Gasteiger partial charge in [0.25, 0.3) is 0 Å². The molecule has 1 aliphatic heterocycles. The number of carbonyl (C=O) groups excluding carboxylic acids is 1. The van der Waals surface area contributed by atoms with Gasteiger partial charge in [-0.15, -0.1) is 11.8 Å². The molecule has 1 fully saturated rings. The third-order valence-corrected chi connectivity index (χ3v) is 4.24. The van der Waals surface area contributed by atoms with E-state index in [1.54, 1.807) is 16.7 Å². The van der Waals surface area contributed by atoms with Crippen molar-refractivity contribution in [3.05, 3.63) is 34.6 Å². The maximum Gasteiger partial charge on any atom is 0.240 e. The minimum atomic E-state index is -1.21. The molecule has 0 saturated carbocycles. The van der Waals surface area contributed by atoms with E-state index in [0.29, 0.717) is 12.4 Å². The fourth-order valence-corrected chi connectivity index (χ4v) is 3.05. The zero-order chi connectivity index (χ0) is 14.9. The number of nitrogens with two attached hydrogens (primary N) is 1. The lowest BCUT2D eigenvalue weighted by molar-refractivity contribution is -0.131. The molecular weight excluding hydrogens is 289 g/mol. The maximum absolute atomic E-state index is 13.9. The smallest absolute Gasteiger partial charge is 0.240 e. The van der Waals surface area contributed by atoms with E-state index in [0.717, 1.165) is 18.7 Å². The van der Waals surface area contributed by atoms with Crippen molar-refractivity contribution in [2.45, 2.75) is 19.4 Å². The van der Waals surface area contributed by atoms with Crippen molar-refractivity contribution in [1.29, 1.82) is 0 Å². The van der Waals surface area contributed by atoms with Gasteiger partial charge in [-0.1, -0.05) is 0 Å². The summed E-state index contributed by atoms with van der Waals surface area (Å²) in [6.07, 6.45) is -0.149. The van der Waals surface area contributed by atoms with Crippen molar-refractivity contribution in [2.24, 2.45) is 5.73 Å². The molecule has 1 aromatic rings.